The molecule has 2 heterocycles. The highest BCUT2D eigenvalue weighted by Gasteiger charge is 2.29. The van der Waals surface area contributed by atoms with E-state index in [0.29, 0.717) is 19.3 Å². The van der Waals surface area contributed by atoms with Gasteiger partial charge in [-0.15, -0.1) is 0 Å². The molecule has 4 nitrogen and oxygen atoms in total. The first-order valence-electron chi connectivity index (χ1n) is 10.2. The van der Waals surface area contributed by atoms with Crippen LogP contribution in [0.3, 0.4) is 0 Å². The summed E-state index contributed by atoms with van der Waals surface area (Å²) in [5.41, 5.74) is 2.43. The largest absolute Gasteiger partial charge is 0.390 e. The Bertz CT molecular complexity index is 551. The molecule has 0 atom stereocenters. The lowest BCUT2D eigenvalue weighted by Gasteiger charge is -2.36. The molecule has 2 fully saturated rings. The maximum atomic E-state index is 10.5. The van der Waals surface area contributed by atoms with Crippen LogP contribution < -0.4 is 10.2 Å². The monoisotopic (exact) mass is 360 g/mol. The summed E-state index contributed by atoms with van der Waals surface area (Å²) in [6, 6.07) is 9.66. The number of anilines is 1. The summed E-state index contributed by atoms with van der Waals surface area (Å²) in [4.78, 5) is 2.50. The lowest BCUT2D eigenvalue weighted by Crippen LogP contribution is -2.45. The Kier molecular flexibility index (Phi) is 6.26. The molecule has 2 N–H and O–H groups in total. The molecule has 3 rings (SSSR count). The number of piperidine rings is 1. The van der Waals surface area contributed by atoms with Gasteiger partial charge in [-0.25, -0.2) is 0 Å². The molecule has 0 aromatic heterocycles. The lowest BCUT2D eigenvalue weighted by molar-refractivity contribution is -0.0676. The van der Waals surface area contributed by atoms with Crippen LogP contribution in [0.25, 0.3) is 0 Å². The molecule has 0 unspecified atom stereocenters. The van der Waals surface area contributed by atoms with Gasteiger partial charge in [0.2, 0.25) is 0 Å². The first kappa shape index (κ1) is 19.7. The van der Waals surface area contributed by atoms with E-state index < -0.39 is 5.60 Å². The van der Waals surface area contributed by atoms with Crippen molar-refractivity contribution in [1.82, 2.24) is 5.32 Å². The van der Waals surface area contributed by atoms with Crippen LogP contribution >= 0.6 is 0 Å². The molecule has 26 heavy (non-hydrogen) atoms. The molecule has 0 aliphatic carbocycles. The molecule has 4 heteroatoms. The van der Waals surface area contributed by atoms with E-state index in [1.165, 1.54) is 24.1 Å². The number of hydrogen-bond donors (Lipinski definition) is 2. The highest BCUT2D eigenvalue weighted by atomic mass is 16.5. The van der Waals surface area contributed by atoms with Crippen LogP contribution in [-0.4, -0.2) is 49.6 Å². The third-order valence-electron chi connectivity index (χ3n) is 6.04. The van der Waals surface area contributed by atoms with Crippen LogP contribution in [-0.2, 0) is 10.2 Å². The second kappa shape index (κ2) is 8.28. The van der Waals surface area contributed by atoms with Gasteiger partial charge in [-0.05, 0) is 61.8 Å². The average Bonchev–Trinajstić information content (AvgIpc) is 2.62. The van der Waals surface area contributed by atoms with Crippen LogP contribution in [0.15, 0.2) is 24.3 Å². The second-order valence-electron chi connectivity index (χ2n) is 9.10. The quantitative estimate of drug-likeness (QED) is 0.844. The highest BCUT2D eigenvalue weighted by Crippen LogP contribution is 2.27. The van der Waals surface area contributed by atoms with Crippen molar-refractivity contribution in [2.45, 2.75) is 69.9 Å². The smallest absolute Gasteiger partial charge is 0.0703 e. The Morgan fingerprint density at radius 3 is 2.31 bits per heavy atom. The predicted molar refractivity (Wildman–Crippen MR) is 108 cm³/mol. The van der Waals surface area contributed by atoms with Crippen LogP contribution in [0.5, 0.6) is 0 Å². The van der Waals surface area contributed by atoms with Crippen LogP contribution in [0.4, 0.5) is 5.69 Å². The Morgan fingerprint density at radius 1 is 1.12 bits per heavy atom. The fraction of sp³-hybridized carbons (Fsp3) is 0.727. The van der Waals surface area contributed by atoms with Crippen molar-refractivity contribution < 1.29 is 9.84 Å². The van der Waals surface area contributed by atoms with Crippen molar-refractivity contribution in [3.63, 3.8) is 0 Å². The predicted octanol–water partition coefficient (Wildman–Crippen LogP) is 3.47. The van der Waals surface area contributed by atoms with Crippen LogP contribution in [0, 0.1) is 0 Å². The zero-order valence-electron chi connectivity index (χ0n) is 16.8. The van der Waals surface area contributed by atoms with E-state index >= 15 is 0 Å². The normalized spacial score (nSPS) is 21.8. The summed E-state index contributed by atoms with van der Waals surface area (Å²) in [5, 5.41) is 14.2. The Hall–Kier alpha value is -1.10. The summed E-state index contributed by atoms with van der Waals surface area (Å²) in [5.74, 6) is 0. The molecular weight excluding hydrogens is 324 g/mol. The molecule has 0 spiro atoms. The number of hydrogen-bond acceptors (Lipinski definition) is 4. The van der Waals surface area contributed by atoms with E-state index in [1.807, 2.05) is 0 Å². The number of benzene rings is 1. The number of nitrogens with zero attached hydrogens (tertiary/aromatic N) is 1. The standard InChI is InChI=1S/C22H36N2O2/c1-21(2,3)18-4-6-20(7-5-18)24-14-8-19(9-15-24)23-13-10-22(25)11-16-26-17-12-22/h4-7,19,23,25H,8-17H2,1-3H3. The maximum absolute atomic E-state index is 10.5. The summed E-state index contributed by atoms with van der Waals surface area (Å²) in [6.45, 7) is 11.3. The summed E-state index contributed by atoms with van der Waals surface area (Å²) >= 11 is 0. The Labute approximate surface area is 158 Å². The second-order valence-corrected chi connectivity index (χ2v) is 9.10. The zero-order chi connectivity index (χ0) is 18.6. The third kappa shape index (κ3) is 5.21. The van der Waals surface area contributed by atoms with Gasteiger partial charge in [0.25, 0.3) is 0 Å². The van der Waals surface area contributed by atoms with Crippen molar-refractivity contribution in [2.75, 3.05) is 37.7 Å². The molecule has 0 amide bonds. The minimum Gasteiger partial charge on any atom is -0.390 e. The van der Waals surface area contributed by atoms with Gasteiger partial charge in [0.15, 0.2) is 0 Å². The first-order valence-corrected chi connectivity index (χ1v) is 10.2. The van der Waals surface area contributed by atoms with Gasteiger partial charge in [0.05, 0.1) is 5.60 Å². The molecular formula is C22H36N2O2. The lowest BCUT2D eigenvalue weighted by atomic mass is 9.87. The molecule has 0 bridgehead atoms. The Balaban J connectivity index is 1.41. The van der Waals surface area contributed by atoms with Gasteiger partial charge in [-0.3, -0.25) is 0 Å². The first-order chi connectivity index (χ1) is 12.4. The van der Waals surface area contributed by atoms with Gasteiger partial charge < -0.3 is 20.1 Å². The fourth-order valence-corrected chi connectivity index (χ4v) is 4.02. The molecule has 1 aromatic carbocycles. The molecule has 2 aliphatic heterocycles. The number of nitrogens with one attached hydrogen (secondary N) is 1. The number of rotatable bonds is 5. The van der Waals surface area contributed by atoms with Crippen LogP contribution in [0.1, 0.15) is 58.4 Å². The van der Waals surface area contributed by atoms with E-state index in [4.69, 9.17) is 4.74 Å². The van der Waals surface area contributed by atoms with Gasteiger partial charge >= 0.3 is 0 Å². The van der Waals surface area contributed by atoms with Crippen molar-refractivity contribution in [1.29, 1.82) is 0 Å². The minimum absolute atomic E-state index is 0.212. The van der Waals surface area contributed by atoms with E-state index in [-0.39, 0.29) is 5.41 Å². The van der Waals surface area contributed by atoms with Crippen LogP contribution in [0.2, 0.25) is 0 Å². The molecule has 2 aliphatic rings. The van der Waals surface area contributed by atoms with E-state index in [0.717, 1.165) is 38.9 Å². The Morgan fingerprint density at radius 2 is 1.73 bits per heavy atom. The van der Waals surface area contributed by atoms with Crippen molar-refractivity contribution >= 4 is 5.69 Å². The topological polar surface area (TPSA) is 44.7 Å². The van der Waals surface area contributed by atoms with Gasteiger partial charge in [-0.1, -0.05) is 32.9 Å². The van der Waals surface area contributed by atoms with Gasteiger partial charge in [-0.2, -0.15) is 0 Å². The van der Waals surface area contributed by atoms with Crippen molar-refractivity contribution in [3.05, 3.63) is 29.8 Å². The average molecular weight is 361 g/mol. The van der Waals surface area contributed by atoms with E-state index in [2.05, 4.69) is 55.3 Å². The van der Waals surface area contributed by atoms with E-state index in [1.54, 1.807) is 0 Å². The zero-order valence-corrected chi connectivity index (χ0v) is 16.8. The third-order valence-corrected chi connectivity index (χ3v) is 6.04. The van der Waals surface area contributed by atoms with Gasteiger partial charge in [0.1, 0.15) is 0 Å². The number of ether oxygens (including phenoxy) is 1. The SMILES string of the molecule is CC(C)(C)c1ccc(N2CCC(NCCC3(O)CCOCC3)CC2)cc1. The van der Waals surface area contributed by atoms with Crippen molar-refractivity contribution in [3.8, 4) is 0 Å². The molecule has 0 saturated carbocycles. The molecule has 1 aromatic rings. The molecule has 0 radical (unpaired) electrons. The number of aliphatic hydroxyl groups is 1. The fourth-order valence-electron chi connectivity index (χ4n) is 4.02. The van der Waals surface area contributed by atoms with Gasteiger partial charge in [0, 0.05) is 38.0 Å². The summed E-state index contributed by atoms with van der Waals surface area (Å²) < 4.78 is 5.35. The molecule has 146 valence electrons. The highest BCUT2D eigenvalue weighted by molar-refractivity contribution is 5.49. The summed E-state index contributed by atoms with van der Waals surface area (Å²) in [6.07, 6.45) is 4.73. The molecule has 2 saturated heterocycles. The summed E-state index contributed by atoms with van der Waals surface area (Å²) in [7, 11) is 0. The minimum atomic E-state index is -0.513. The van der Waals surface area contributed by atoms with E-state index in [9.17, 15) is 5.11 Å². The maximum Gasteiger partial charge on any atom is 0.0703 e. The van der Waals surface area contributed by atoms with Crippen molar-refractivity contribution in [2.24, 2.45) is 0 Å².